The fourth-order valence-corrected chi connectivity index (χ4v) is 3.79. The monoisotopic (exact) mass is 257 g/mol. The number of aryl methyl sites for hydroxylation is 1. The summed E-state index contributed by atoms with van der Waals surface area (Å²) in [6, 6.07) is 0. The Balaban J connectivity index is 1.66. The van der Waals surface area contributed by atoms with Gasteiger partial charge in [0.2, 0.25) is 0 Å². The van der Waals surface area contributed by atoms with Gasteiger partial charge in [-0.1, -0.05) is 18.7 Å². The molecule has 2 heterocycles. The van der Waals surface area contributed by atoms with Gasteiger partial charge in [0, 0.05) is 12.2 Å². The molecule has 0 saturated carbocycles. The van der Waals surface area contributed by atoms with Crippen molar-refractivity contribution < 1.29 is 0 Å². The van der Waals surface area contributed by atoms with Crippen LogP contribution in [0.1, 0.15) is 32.0 Å². The normalized spacial score (nSPS) is 21.2. The largest absolute Gasteiger partial charge is 0.316 e. The maximum atomic E-state index is 4.47. The first-order valence-corrected chi connectivity index (χ1v) is 7.80. The molecule has 0 bridgehead atoms. The van der Waals surface area contributed by atoms with Crippen molar-refractivity contribution >= 4 is 23.3 Å². The molecule has 0 amide bonds. The van der Waals surface area contributed by atoms with Crippen LogP contribution in [0, 0.1) is 5.92 Å². The van der Waals surface area contributed by atoms with Crippen LogP contribution in [-0.4, -0.2) is 28.2 Å². The third kappa shape index (κ3) is 3.71. The summed E-state index contributed by atoms with van der Waals surface area (Å²) in [4.78, 5) is 4.47. The van der Waals surface area contributed by atoms with E-state index in [0.29, 0.717) is 0 Å². The third-order valence-electron chi connectivity index (χ3n) is 2.92. The Kier molecular flexibility index (Phi) is 5.06. The summed E-state index contributed by atoms with van der Waals surface area (Å²) in [5, 5.41) is 3.46. The van der Waals surface area contributed by atoms with Gasteiger partial charge in [-0.25, -0.2) is 4.98 Å². The number of thioether (sulfide) groups is 1. The van der Waals surface area contributed by atoms with Crippen LogP contribution in [0.4, 0.5) is 0 Å². The van der Waals surface area contributed by atoms with Crippen LogP contribution < -0.4 is 5.32 Å². The number of rotatable bonds is 5. The number of nitrogens with one attached hydrogen (secondary N) is 1. The first-order valence-electron chi connectivity index (χ1n) is 6.04. The quantitative estimate of drug-likeness (QED) is 0.823. The third-order valence-corrected chi connectivity index (χ3v) is 4.82. The average molecular weight is 257 g/mol. The van der Waals surface area contributed by atoms with Crippen molar-refractivity contribution in [1.29, 1.82) is 0 Å². The van der Waals surface area contributed by atoms with Gasteiger partial charge in [0.1, 0.15) is 5.82 Å². The molecule has 16 heavy (non-hydrogen) atoms. The Labute approximate surface area is 106 Å². The van der Waals surface area contributed by atoms with E-state index in [4.69, 9.17) is 0 Å². The molecule has 1 aliphatic rings. The van der Waals surface area contributed by atoms with Crippen molar-refractivity contribution in [2.24, 2.45) is 5.92 Å². The van der Waals surface area contributed by atoms with E-state index in [9.17, 15) is 0 Å². The molecule has 3 nitrogen and oxygen atoms in total. The zero-order valence-electron chi connectivity index (χ0n) is 9.74. The molecule has 5 heteroatoms. The zero-order chi connectivity index (χ0) is 11.2. The first-order chi connectivity index (χ1) is 7.88. The van der Waals surface area contributed by atoms with Crippen LogP contribution in [0.5, 0.6) is 0 Å². The molecule has 1 aromatic rings. The molecule has 1 saturated heterocycles. The number of piperidine rings is 1. The molecule has 1 atom stereocenters. The number of hydrogen-bond acceptors (Lipinski definition) is 5. The second-order valence-corrected chi connectivity index (χ2v) is 6.27. The van der Waals surface area contributed by atoms with E-state index in [1.165, 1.54) is 38.1 Å². The summed E-state index contributed by atoms with van der Waals surface area (Å²) in [7, 11) is 0. The smallest absolute Gasteiger partial charge is 0.170 e. The molecule has 2 rings (SSSR count). The average Bonchev–Trinajstić information content (AvgIpc) is 2.78. The van der Waals surface area contributed by atoms with Crippen LogP contribution in [-0.2, 0) is 6.42 Å². The lowest BCUT2D eigenvalue weighted by atomic mass is 9.97. The summed E-state index contributed by atoms with van der Waals surface area (Å²) >= 11 is 3.41. The number of aromatic nitrogens is 2. The highest BCUT2D eigenvalue weighted by atomic mass is 32.2. The van der Waals surface area contributed by atoms with Crippen molar-refractivity contribution in [3.63, 3.8) is 0 Å². The van der Waals surface area contributed by atoms with Gasteiger partial charge in [-0.05, 0) is 49.8 Å². The van der Waals surface area contributed by atoms with Gasteiger partial charge in [0.15, 0.2) is 4.34 Å². The highest BCUT2D eigenvalue weighted by molar-refractivity contribution is 8.00. The fourth-order valence-electron chi connectivity index (χ4n) is 1.92. The minimum atomic E-state index is 0.875. The molecule has 1 unspecified atom stereocenters. The van der Waals surface area contributed by atoms with Crippen LogP contribution >= 0.6 is 23.3 Å². The lowest BCUT2D eigenvalue weighted by molar-refractivity contribution is 0.371. The van der Waals surface area contributed by atoms with Gasteiger partial charge >= 0.3 is 0 Å². The minimum absolute atomic E-state index is 0.875. The minimum Gasteiger partial charge on any atom is -0.316 e. The molecule has 90 valence electrons. The Morgan fingerprint density at radius 2 is 2.50 bits per heavy atom. The Hall–Kier alpha value is -0.130. The lowest BCUT2D eigenvalue weighted by Gasteiger charge is -2.22. The number of nitrogens with zero attached hydrogens (tertiary/aromatic N) is 2. The second-order valence-electron chi connectivity index (χ2n) is 4.18. The predicted octanol–water partition coefficient (Wildman–Crippen LogP) is 2.58. The molecular formula is C11H19N3S2. The van der Waals surface area contributed by atoms with Gasteiger partial charge in [-0.3, -0.25) is 0 Å². The highest BCUT2D eigenvalue weighted by Gasteiger charge is 2.13. The summed E-state index contributed by atoms with van der Waals surface area (Å²) in [6.07, 6.45) is 4.99. The van der Waals surface area contributed by atoms with Crippen molar-refractivity contribution in [3.05, 3.63) is 5.82 Å². The maximum Gasteiger partial charge on any atom is 0.170 e. The molecule has 1 aliphatic heterocycles. The predicted molar refractivity (Wildman–Crippen MR) is 70.2 cm³/mol. The summed E-state index contributed by atoms with van der Waals surface area (Å²) in [5.41, 5.74) is 0. The van der Waals surface area contributed by atoms with Crippen LogP contribution in [0.15, 0.2) is 4.34 Å². The molecule has 1 N–H and O–H groups in total. The van der Waals surface area contributed by atoms with E-state index in [2.05, 4.69) is 21.6 Å². The molecule has 0 aromatic carbocycles. The van der Waals surface area contributed by atoms with Crippen molar-refractivity contribution in [1.82, 2.24) is 14.7 Å². The van der Waals surface area contributed by atoms with Gasteiger partial charge < -0.3 is 5.32 Å². The SMILES string of the molecule is CCc1nsc(SCCC2CCCNC2)n1. The second kappa shape index (κ2) is 6.57. The zero-order valence-corrected chi connectivity index (χ0v) is 11.4. The van der Waals surface area contributed by atoms with Gasteiger partial charge in [0.25, 0.3) is 0 Å². The Morgan fingerprint density at radius 1 is 1.56 bits per heavy atom. The maximum absolute atomic E-state index is 4.47. The van der Waals surface area contributed by atoms with E-state index in [0.717, 1.165) is 22.5 Å². The summed E-state index contributed by atoms with van der Waals surface area (Å²) in [6.45, 7) is 4.51. The van der Waals surface area contributed by atoms with Gasteiger partial charge in [-0.15, -0.1) is 0 Å². The van der Waals surface area contributed by atoms with Crippen molar-refractivity contribution in [2.75, 3.05) is 18.8 Å². The van der Waals surface area contributed by atoms with Crippen LogP contribution in [0.3, 0.4) is 0 Å². The van der Waals surface area contributed by atoms with E-state index in [-0.39, 0.29) is 0 Å². The molecule has 0 aliphatic carbocycles. The van der Waals surface area contributed by atoms with Gasteiger partial charge in [0.05, 0.1) is 0 Å². The van der Waals surface area contributed by atoms with E-state index in [1.807, 2.05) is 11.8 Å². The van der Waals surface area contributed by atoms with E-state index >= 15 is 0 Å². The standard InChI is InChI=1S/C11H19N3S2/c1-2-10-13-11(16-14-10)15-7-5-9-4-3-6-12-8-9/h9,12H,2-8H2,1H3. The lowest BCUT2D eigenvalue weighted by Crippen LogP contribution is -2.29. The molecule has 0 radical (unpaired) electrons. The highest BCUT2D eigenvalue weighted by Crippen LogP contribution is 2.24. The Bertz CT molecular complexity index is 308. The van der Waals surface area contributed by atoms with Crippen LogP contribution in [0.25, 0.3) is 0 Å². The first kappa shape index (κ1) is 12.3. The number of hydrogen-bond donors (Lipinski definition) is 1. The topological polar surface area (TPSA) is 37.8 Å². The fraction of sp³-hybridized carbons (Fsp3) is 0.818. The van der Waals surface area contributed by atoms with Crippen molar-refractivity contribution in [2.45, 2.75) is 36.9 Å². The van der Waals surface area contributed by atoms with E-state index < -0.39 is 0 Å². The van der Waals surface area contributed by atoms with E-state index in [1.54, 1.807) is 11.5 Å². The molecular weight excluding hydrogens is 238 g/mol. The van der Waals surface area contributed by atoms with Crippen molar-refractivity contribution in [3.8, 4) is 0 Å². The molecule has 0 spiro atoms. The summed E-state index contributed by atoms with van der Waals surface area (Å²) < 4.78 is 5.44. The Morgan fingerprint density at radius 3 is 3.19 bits per heavy atom. The summed E-state index contributed by atoms with van der Waals surface area (Å²) in [5.74, 6) is 3.05. The molecule has 1 fully saturated rings. The molecule has 1 aromatic heterocycles. The van der Waals surface area contributed by atoms with Gasteiger partial charge in [-0.2, -0.15) is 4.37 Å². The van der Waals surface area contributed by atoms with Crippen LogP contribution in [0.2, 0.25) is 0 Å².